The van der Waals surface area contributed by atoms with Gasteiger partial charge in [0.25, 0.3) is 0 Å². The van der Waals surface area contributed by atoms with Crippen LogP contribution in [0.3, 0.4) is 0 Å². The lowest BCUT2D eigenvalue weighted by atomic mass is 9.95. The van der Waals surface area contributed by atoms with Gasteiger partial charge in [0.05, 0.1) is 5.69 Å². The van der Waals surface area contributed by atoms with Crippen LogP contribution in [0.4, 0.5) is 11.5 Å². The molecule has 1 amide bonds. The van der Waals surface area contributed by atoms with Gasteiger partial charge in [-0.25, -0.2) is 0 Å². The van der Waals surface area contributed by atoms with E-state index >= 15 is 0 Å². The molecule has 1 aliphatic rings. The second-order valence-corrected chi connectivity index (χ2v) is 8.16. The van der Waals surface area contributed by atoms with Gasteiger partial charge in [-0.2, -0.15) is 0 Å². The minimum atomic E-state index is -0.0150. The lowest BCUT2D eigenvalue weighted by molar-refractivity contribution is -0.120. The summed E-state index contributed by atoms with van der Waals surface area (Å²) in [4.78, 5) is 14.9. The summed E-state index contributed by atoms with van der Waals surface area (Å²) in [7, 11) is 0. The van der Waals surface area contributed by atoms with Crippen molar-refractivity contribution >= 4 is 29.0 Å². The van der Waals surface area contributed by atoms with Crippen molar-refractivity contribution in [2.45, 2.75) is 26.7 Å². The molecule has 0 saturated carbocycles. The van der Waals surface area contributed by atoms with Crippen molar-refractivity contribution in [2.24, 2.45) is 5.92 Å². The SMILES string of the molecule is Cc1ccccc1-c1ccc(N2CCC(C(=O)Nc3cccc(Cl)c3C)CC2)nn1. The molecule has 0 unspecified atom stereocenters. The number of rotatable bonds is 4. The zero-order chi connectivity index (χ0) is 21.1. The number of carbonyl (C=O) groups excluding carboxylic acids is 1. The summed E-state index contributed by atoms with van der Waals surface area (Å²) in [5, 5.41) is 12.6. The molecule has 1 N–H and O–H groups in total. The van der Waals surface area contributed by atoms with Crippen LogP contribution in [0.1, 0.15) is 24.0 Å². The van der Waals surface area contributed by atoms with Crippen molar-refractivity contribution in [3.63, 3.8) is 0 Å². The first-order valence-corrected chi connectivity index (χ1v) is 10.6. The molecule has 0 radical (unpaired) electrons. The first kappa shape index (κ1) is 20.4. The van der Waals surface area contributed by atoms with E-state index in [0.717, 1.165) is 54.3 Å². The van der Waals surface area contributed by atoms with E-state index in [9.17, 15) is 4.79 Å². The molecule has 0 bridgehead atoms. The van der Waals surface area contributed by atoms with Gasteiger partial charge < -0.3 is 10.2 Å². The summed E-state index contributed by atoms with van der Waals surface area (Å²) in [6.45, 7) is 5.56. The molecular weight excluding hydrogens is 396 g/mol. The van der Waals surface area contributed by atoms with Crippen LogP contribution in [0.15, 0.2) is 54.6 Å². The van der Waals surface area contributed by atoms with E-state index in [2.05, 4.69) is 39.5 Å². The molecule has 30 heavy (non-hydrogen) atoms. The number of halogens is 1. The molecule has 1 aromatic heterocycles. The molecule has 0 aliphatic carbocycles. The van der Waals surface area contributed by atoms with E-state index in [-0.39, 0.29) is 11.8 Å². The summed E-state index contributed by atoms with van der Waals surface area (Å²) in [5.41, 5.74) is 4.84. The molecular formula is C24H25ClN4O. The van der Waals surface area contributed by atoms with Crippen LogP contribution < -0.4 is 10.2 Å². The number of aryl methyl sites for hydroxylation is 1. The third-order valence-corrected chi connectivity index (χ3v) is 6.20. The van der Waals surface area contributed by atoms with Gasteiger partial charge in [0, 0.05) is 35.3 Å². The maximum atomic E-state index is 12.7. The Hall–Kier alpha value is -2.92. The number of aromatic nitrogens is 2. The van der Waals surface area contributed by atoms with Crippen LogP contribution in [0, 0.1) is 19.8 Å². The van der Waals surface area contributed by atoms with Gasteiger partial charge in [-0.3, -0.25) is 4.79 Å². The number of hydrogen-bond acceptors (Lipinski definition) is 4. The Kier molecular flexibility index (Phi) is 6.00. The fourth-order valence-electron chi connectivity index (χ4n) is 3.85. The second kappa shape index (κ2) is 8.84. The number of hydrogen-bond donors (Lipinski definition) is 1. The number of amides is 1. The van der Waals surface area contributed by atoms with Crippen molar-refractivity contribution in [3.8, 4) is 11.3 Å². The smallest absolute Gasteiger partial charge is 0.227 e. The molecule has 0 atom stereocenters. The topological polar surface area (TPSA) is 58.1 Å². The number of carbonyl (C=O) groups is 1. The van der Waals surface area contributed by atoms with Gasteiger partial charge in [0.1, 0.15) is 0 Å². The summed E-state index contributed by atoms with van der Waals surface area (Å²) in [6, 6.07) is 17.8. The fourth-order valence-corrected chi connectivity index (χ4v) is 4.02. The van der Waals surface area contributed by atoms with Gasteiger partial charge in [-0.05, 0) is 62.1 Å². The predicted molar refractivity (Wildman–Crippen MR) is 122 cm³/mol. The monoisotopic (exact) mass is 420 g/mol. The molecule has 1 saturated heterocycles. The number of piperidine rings is 1. The quantitative estimate of drug-likeness (QED) is 0.624. The van der Waals surface area contributed by atoms with Gasteiger partial charge in [0.15, 0.2) is 5.82 Å². The Labute approximate surface area is 182 Å². The molecule has 2 aromatic carbocycles. The molecule has 5 nitrogen and oxygen atoms in total. The lowest BCUT2D eigenvalue weighted by Crippen LogP contribution is -2.38. The highest BCUT2D eigenvalue weighted by Crippen LogP contribution is 2.27. The average Bonchev–Trinajstić information content (AvgIpc) is 2.77. The van der Waals surface area contributed by atoms with Crippen LogP contribution in [0.5, 0.6) is 0 Å². The Morgan fingerprint density at radius 2 is 1.77 bits per heavy atom. The van der Waals surface area contributed by atoms with Gasteiger partial charge >= 0.3 is 0 Å². The van der Waals surface area contributed by atoms with E-state index < -0.39 is 0 Å². The molecule has 154 valence electrons. The van der Waals surface area contributed by atoms with Crippen LogP contribution in [-0.2, 0) is 4.79 Å². The zero-order valence-electron chi connectivity index (χ0n) is 17.2. The Balaban J connectivity index is 1.37. The largest absolute Gasteiger partial charge is 0.355 e. The van der Waals surface area contributed by atoms with Crippen molar-refractivity contribution in [1.29, 1.82) is 0 Å². The molecule has 0 spiro atoms. The zero-order valence-corrected chi connectivity index (χ0v) is 18.0. The van der Waals surface area contributed by atoms with Gasteiger partial charge in [-0.1, -0.05) is 41.9 Å². The fraction of sp³-hybridized carbons (Fsp3) is 0.292. The van der Waals surface area contributed by atoms with E-state index in [1.54, 1.807) is 0 Å². The number of nitrogens with zero attached hydrogens (tertiary/aromatic N) is 3. The van der Waals surface area contributed by atoms with E-state index in [0.29, 0.717) is 5.02 Å². The summed E-state index contributed by atoms with van der Waals surface area (Å²) >= 11 is 6.16. The highest BCUT2D eigenvalue weighted by atomic mass is 35.5. The highest BCUT2D eigenvalue weighted by molar-refractivity contribution is 6.31. The van der Waals surface area contributed by atoms with Gasteiger partial charge in [0.2, 0.25) is 5.91 Å². The molecule has 6 heteroatoms. The van der Waals surface area contributed by atoms with E-state index in [4.69, 9.17) is 11.6 Å². The van der Waals surface area contributed by atoms with E-state index in [1.165, 1.54) is 5.56 Å². The van der Waals surface area contributed by atoms with Gasteiger partial charge in [-0.15, -0.1) is 10.2 Å². The highest BCUT2D eigenvalue weighted by Gasteiger charge is 2.26. The summed E-state index contributed by atoms with van der Waals surface area (Å²) in [6.07, 6.45) is 1.57. The van der Waals surface area contributed by atoms with Crippen LogP contribution in [-0.4, -0.2) is 29.2 Å². The van der Waals surface area contributed by atoms with Crippen molar-refractivity contribution in [1.82, 2.24) is 10.2 Å². The number of anilines is 2. The molecule has 2 heterocycles. The molecule has 4 rings (SSSR count). The average molecular weight is 421 g/mol. The van der Waals surface area contributed by atoms with E-state index in [1.807, 2.05) is 49.4 Å². The number of nitrogens with one attached hydrogen (secondary N) is 1. The maximum Gasteiger partial charge on any atom is 0.227 e. The third kappa shape index (κ3) is 4.31. The Morgan fingerprint density at radius 1 is 1.00 bits per heavy atom. The minimum Gasteiger partial charge on any atom is -0.355 e. The number of benzene rings is 2. The first-order valence-electron chi connectivity index (χ1n) is 10.2. The first-order chi connectivity index (χ1) is 14.5. The normalized spacial score (nSPS) is 14.6. The van der Waals surface area contributed by atoms with Crippen molar-refractivity contribution in [2.75, 3.05) is 23.3 Å². The molecule has 1 aliphatic heterocycles. The van der Waals surface area contributed by atoms with Crippen molar-refractivity contribution < 1.29 is 4.79 Å². The second-order valence-electron chi connectivity index (χ2n) is 7.75. The third-order valence-electron chi connectivity index (χ3n) is 5.79. The Bertz CT molecular complexity index is 1040. The molecule has 1 fully saturated rings. The lowest BCUT2D eigenvalue weighted by Gasteiger charge is -2.32. The van der Waals surface area contributed by atoms with Crippen LogP contribution >= 0.6 is 11.6 Å². The van der Waals surface area contributed by atoms with Crippen molar-refractivity contribution in [3.05, 3.63) is 70.7 Å². The minimum absolute atomic E-state index is 0.0150. The standard InChI is InChI=1S/C24H25ClN4O/c1-16-6-3-4-7-19(16)22-10-11-23(28-27-22)29-14-12-18(13-15-29)24(30)26-21-9-5-8-20(25)17(21)2/h3-11,18H,12-15H2,1-2H3,(H,26,30). The predicted octanol–water partition coefficient (Wildman–Crippen LogP) is 5.27. The summed E-state index contributed by atoms with van der Waals surface area (Å²) in [5.74, 6) is 0.900. The Morgan fingerprint density at radius 3 is 2.47 bits per heavy atom. The molecule has 3 aromatic rings. The summed E-state index contributed by atoms with van der Waals surface area (Å²) < 4.78 is 0. The van der Waals surface area contributed by atoms with Crippen LogP contribution in [0.25, 0.3) is 11.3 Å². The van der Waals surface area contributed by atoms with Crippen LogP contribution in [0.2, 0.25) is 5.02 Å². The maximum absolute atomic E-state index is 12.7.